The molecule has 3 saturated heterocycles. The van der Waals surface area contributed by atoms with Gasteiger partial charge < -0.3 is 19.1 Å². The van der Waals surface area contributed by atoms with E-state index < -0.39 is 26.8 Å². The monoisotopic (exact) mass is 851 g/mol. The van der Waals surface area contributed by atoms with E-state index in [1.54, 1.807) is 6.07 Å². The standard InChI is InChI=1S/C46H66ClN5O6S/c1-34-8-7-18-46(56-2,33-50-22-23-51-19-6-4-10-40(51)31-50)41-15-12-37(41)30-52-20-5-3-9-35-28-39(47)14-11-38(35)32-58-43-16-13-36(29-42(43)52)45(53)48-59(54,55)44(34)17-21-49-24-26-57-27-25-49/h7,11,13-14,16,18,28-29,34,37,40-41,44H,3-6,8-10,12,15,17,19-27,30-33H2,1-2H3,(H,48,53)/b18-7+/t34?,37-,40+,41+,44+,46-/m0/s1. The molecule has 6 atom stereocenters. The van der Waals surface area contributed by atoms with Gasteiger partial charge in [-0.2, -0.15) is 0 Å². The van der Waals surface area contributed by atoms with Gasteiger partial charge in [0.25, 0.3) is 5.91 Å². The third kappa shape index (κ3) is 10.0. The van der Waals surface area contributed by atoms with Crippen molar-refractivity contribution in [2.45, 2.75) is 94.6 Å². The van der Waals surface area contributed by atoms with Crippen LogP contribution in [0.2, 0.25) is 5.02 Å². The Morgan fingerprint density at radius 2 is 1.76 bits per heavy atom. The molecule has 0 radical (unpaired) electrons. The minimum Gasteiger partial charge on any atom is -0.487 e. The van der Waals surface area contributed by atoms with Gasteiger partial charge in [0.2, 0.25) is 10.0 Å². The Morgan fingerprint density at radius 3 is 2.58 bits per heavy atom. The number of hydrogen-bond acceptors (Lipinski definition) is 10. The number of rotatable bonds is 6. The Kier molecular flexibility index (Phi) is 13.9. The minimum atomic E-state index is -4.07. The van der Waals surface area contributed by atoms with Crippen LogP contribution >= 0.6 is 11.6 Å². The molecule has 13 heteroatoms. The number of morpholine rings is 1. The van der Waals surface area contributed by atoms with Crippen molar-refractivity contribution in [1.82, 2.24) is 19.4 Å². The van der Waals surface area contributed by atoms with Crippen molar-refractivity contribution in [2.75, 3.05) is 90.7 Å². The SMILES string of the molecule is CO[C@]1(CN2CCN3CCCC[C@@H]3C2)/C=C/CC(C)[C@@H](CCN2CCOCC2)S(=O)(=O)NC(=O)c2ccc3c(c2)N(CCCCc2cc(Cl)ccc2CO3)C[C@@H]2CC[C@H]21. The van der Waals surface area contributed by atoms with Crippen LogP contribution in [0.3, 0.4) is 0 Å². The second-order valence-electron chi connectivity index (χ2n) is 18.2. The van der Waals surface area contributed by atoms with Crippen molar-refractivity contribution >= 4 is 33.2 Å². The summed E-state index contributed by atoms with van der Waals surface area (Å²) in [4.78, 5) is 24.1. The van der Waals surface area contributed by atoms with Crippen molar-refractivity contribution in [1.29, 1.82) is 0 Å². The van der Waals surface area contributed by atoms with Crippen LogP contribution in [0.25, 0.3) is 0 Å². The molecule has 1 N–H and O–H groups in total. The number of anilines is 1. The van der Waals surface area contributed by atoms with Crippen molar-refractivity contribution in [3.8, 4) is 5.75 Å². The number of halogens is 1. The average molecular weight is 853 g/mol. The summed E-state index contributed by atoms with van der Waals surface area (Å²) < 4.78 is 50.4. The number of nitrogens with one attached hydrogen (secondary N) is 1. The Hall–Kier alpha value is -2.71. The van der Waals surface area contributed by atoms with Crippen LogP contribution in [0.15, 0.2) is 48.6 Å². The molecule has 0 aromatic heterocycles. The molecule has 5 heterocycles. The fourth-order valence-electron chi connectivity index (χ4n) is 10.9. The number of amides is 1. The second kappa shape index (κ2) is 19.1. The highest BCUT2D eigenvalue weighted by Gasteiger charge is 2.49. The fraction of sp³-hybridized carbons (Fsp3) is 0.674. The minimum absolute atomic E-state index is 0.239. The lowest BCUT2D eigenvalue weighted by molar-refractivity contribution is -0.1000. The topological polar surface area (TPSA) is 104 Å². The summed E-state index contributed by atoms with van der Waals surface area (Å²) >= 11 is 6.46. The van der Waals surface area contributed by atoms with E-state index in [4.69, 9.17) is 25.8 Å². The predicted molar refractivity (Wildman–Crippen MR) is 234 cm³/mol. The van der Waals surface area contributed by atoms with E-state index in [-0.39, 0.29) is 11.8 Å². The van der Waals surface area contributed by atoms with Crippen LogP contribution in [0.4, 0.5) is 5.69 Å². The summed E-state index contributed by atoms with van der Waals surface area (Å²) in [5.74, 6) is 0.472. The van der Waals surface area contributed by atoms with Crippen molar-refractivity contribution < 1.29 is 27.4 Å². The molecule has 324 valence electrons. The largest absolute Gasteiger partial charge is 0.487 e. The molecule has 2 bridgehead atoms. The van der Waals surface area contributed by atoms with Crippen molar-refractivity contribution in [2.24, 2.45) is 17.8 Å². The third-order valence-corrected chi connectivity index (χ3v) is 16.7. The Morgan fingerprint density at radius 1 is 0.915 bits per heavy atom. The highest BCUT2D eigenvalue weighted by molar-refractivity contribution is 7.90. The van der Waals surface area contributed by atoms with Gasteiger partial charge in [-0.1, -0.05) is 43.2 Å². The number of piperidine rings is 1. The molecule has 2 aromatic carbocycles. The number of allylic oxidation sites excluding steroid dienone is 1. The van der Waals surface area contributed by atoms with Gasteiger partial charge in [0, 0.05) is 76.1 Å². The first-order valence-corrected chi connectivity index (χ1v) is 24.4. The molecule has 8 rings (SSSR count). The summed E-state index contributed by atoms with van der Waals surface area (Å²) in [7, 11) is -2.18. The molecule has 2 aromatic rings. The Labute approximate surface area is 357 Å². The quantitative estimate of drug-likeness (QED) is 0.329. The number of benzene rings is 2. The zero-order valence-electron chi connectivity index (χ0n) is 35.3. The highest BCUT2D eigenvalue weighted by atomic mass is 35.5. The molecule has 1 amide bonds. The molecule has 59 heavy (non-hydrogen) atoms. The maximum absolute atomic E-state index is 14.4. The van der Waals surface area contributed by atoms with Gasteiger partial charge in [-0.25, -0.2) is 13.1 Å². The number of nitrogens with zero attached hydrogens (tertiary/aromatic N) is 4. The average Bonchev–Trinajstić information content (AvgIpc) is 3.25. The van der Waals surface area contributed by atoms with Gasteiger partial charge in [-0.3, -0.25) is 19.5 Å². The number of hydrogen-bond donors (Lipinski definition) is 1. The van der Waals surface area contributed by atoms with E-state index in [0.29, 0.717) is 62.5 Å². The van der Waals surface area contributed by atoms with Crippen LogP contribution < -0.4 is 14.4 Å². The second-order valence-corrected chi connectivity index (χ2v) is 20.5. The van der Waals surface area contributed by atoms with Crippen LogP contribution in [0, 0.1) is 17.8 Å². The van der Waals surface area contributed by atoms with E-state index in [1.165, 1.54) is 31.4 Å². The normalized spacial score (nSPS) is 31.9. The number of aryl methyl sites for hydroxylation is 1. The molecule has 0 spiro atoms. The zero-order valence-corrected chi connectivity index (χ0v) is 36.9. The smallest absolute Gasteiger partial charge is 0.264 e. The molecular weight excluding hydrogens is 786 g/mol. The first-order valence-electron chi connectivity index (χ1n) is 22.5. The number of methoxy groups -OCH3 is 1. The lowest BCUT2D eigenvalue weighted by atomic mass is 9.63. The van der Waals surface area contributed by atoms with E-state index >= 15 is 0 Å². The van der Waals surface area contributed by atoms with Gasteiger partial charge in [-0.15, -0.1) is 0 Å². The van der Waals surface area contributed by atoms with E-state index in [0.717, 1.165) is 101 Å². The molecule has 1 unspecified atom stereocenters. The van der Waals surface area contributed by atoms with Crippen LogP contribution in [-0.2, 0) is 32.5 Å². The molecule has 1 aliphatic carbocycles. The first-order chi connectivity index (χ1) is 28.6. The number of fused-ring (bicyclic) bond motifs is 4. The van der Waals surface area contributed by atoms with Gasteiger partial charge >= 0.3 is 0 Å². The van der Waals surface area contributed by atoms with Gasteiger partial charge in [0.15, 0.2) is 0 Å². The molecule has 1 saturated carbocycles. The number of carbonyl (C=O) groups excluding carboxylic acids is 1. The number of carbonyl (C=O) groups is 1. The van der Waals surface area contributed by atoms with Crippen molar-refractivity contribution in [3.63, 3.8) is 0 Å². The number of ether oxygens (including phenoxy) is 3. The van der Waals surface area contributed by atoms with Crippen LogP contribution in [-0.4, -0.2) is 132 Å². The summed E-state index contributed by atoms with van der Waals surface area (Å²) in [6.07, 6.45) is 14.3. The molecule has 6 aliphatic rings. The fourth-order valence-corrected chi connectivity index (χ4v) is 12.7. The molecule has 11 nitrogen and oxygen atoms in total. The summed E-state index contributed by atoms with van der Waals surface area (Å²) in [5.41, 5.74) is 2.91. The molecule has 4 fully saturated rings. The Balaban J connectivity index is 1.15. The maximum atomic E-state index is 14.4. The highest BCUT2D eigenvalue weighted by Crippen LogP contribution is 2.47. The van der Waals surface area contributed by atoms with Gasteiger partial charge in [-0.05, 0) is 130 Å². The summed E-state index contributed by atoms with van der Waals surface area (Å²) in [6.45, 7) is 12.6. The van der Waals surface area contributed by atoms with Gasteiger partial charge in [0.1, 0.15) is 18.0 Å². The van der Waals surface area contributed by atoms with Gasteiger partial charge in [0.05, 0.1) is 24.2 Å². The zero-order chi connectivity index (χ0) is 41.0. The Bertz CT molecular complexity index is 1910. The predicted octanol–water partition coefficient (Wildman–Crippen LogP) is 6.39. The van der Waals surface area contributed by atoms with Crippen molar-refractivity contribution in [3.05, 3.63) is 70.3 Å². The maximum Gasteiger partial charge on any atom is 0.264 e. The van der Waals surface area contributed by atoms with E-state index in [2.05, 4.69) is 42.5 Å². The van der Waals surface area contributed by atoms with Crippen LogP contribution in [0.5, 0.6) is 5.75 Å². The van der Waals surface area contributed by atoms with Crippen LogP contribution in [0.1, 0.15) is 86.2 Å². The molecular formula is C46H66ClN5O6S. The lowest BCUT2D eigenvalue weighted by Gasteiger charge is -2.53. The summed E-state index contributed by atoms with van der Waals surface area (Å²) in [6, 6.07) is 12.0. The first kappa shape index (κ1) is 43.0. The van der Waals surface area contributed by atoms with E-state index in [1.807, 2.05) is 38.3 Å². The lowest BCUT2D eigenvalue weighted by Crippen LogP contribution is -2.61. The summed E-state index contributed by atoms with van der Waals surface area (Å²) in [5, 5.41) is -0.0476. The molecule has 5 aliphatic heterocycles. The third-order valence-electron chi connectivity index (χ3n) is 14.5. The number of piperazine rings is 1. The van der Waals surface area contributed by atoms with E-state index in [9.17, 15) is 13.2 Å². The number of sulfonamides is 1.